The molecule has 2 atom stereocenters. The zero-order chi connectivity index (χ0) is 18.1. The maximum atomic E-state index is 13.1. The summed E-state index contributed by atoms with van der Waals surface area (Å²) in [6.45, 7) is 3.23. The highest BCUT2D eigenvalue weighted by Crippen LogP contribution is 2.31. The summed E-state index contributed by atoms with van der Waals surface area (Å²) in [7, 11) is 1.35. The van der Waals surface area contributed by atoms with E-state index in [9.17, 15) is 9.59 Å². The Morgan fingerprint density at radius 3 is 2.63 bits per heavy atom. The molecule has 2 saturated heterocycles. The number of likely N-dealkylation sites (tertiary alicyclic amines) is 1. The third-order valence-corrected chi connectivity index (χ3v) is 5.99. The third-order valence-electron chi connectivity index (χ3n) is 5.99. The molecule has 1 saturated carbocycles. The molecule has 3 aliphatic rings. The molecule has 2 heterocycles. The minimum Gasteiger partial charge on any atom is -0.493 e. The van der Waals surface area contributed by atoms with E-state index < -0.39 is 5.97 Å². The lowest BCUT2D eigenvalue weighted by Crippen LogP contribution is -2.39. The van der Waals surface area contributed by atoms with Crippen LogP contribution in [0, 0.1) is 11.8 Å². The van der Waals surface area contributed by atoms with Crippen molar-refractivity contribution >= 4 is 24.3 Å². The van der Waals surface area contributed by atoms with Crippen molar-refractivity contribution in [2.75, 3.05) is 33.4 Å². The number of nitrogens with zero attached hydrogens (tertiary/aromatic N) is 1. The van der Waals surface area contributed by atoms with Crippen LogP contribution in [-0.4, -0.2) is 56.2 Å². The Bertz CT molecular complexity index is 707. The topological polar surface area (TPSA) is 67.9 Å². The minimum atomic E-state index is -0.449. The second kappa shape index (κ2) is 8.48. The van der Waals surface area contributed by atoms with Crippen molar-refractivity contribution in [1.82, 2.24) is 10.2 Å². The van der Waals surface area contributed by atoms with E-state index in [0.717, 1.165) is 26.1 Å². The van der Waals surface area contributed by atoms with Gasteiger partial charge in [0.2, 0.25) is 0 Å². The molecule has 0 spiro atoms. The molecule has 0 aromatic heterocycles. The van der Waals surface area contributed by atoms with Crippen LogP contribution in [0.15, 0.2) is 18.2 Å². The lowest BCUT2D eigenvalue weighted by Gasteiger charge is -2.26. The number of rotatable bonds is 5. The molecule has 0 radical (unpaired) electrons. The maximum absolute atomic E-state index is 13.1. The predicted molar refractivity (Wildman–Crippen MR) is 104 cm³/mol. The number of fused-ring (bicyclic) bond motifs is 1. The Kier molecular flexibility index (Phi) is 6.27. The van der Waals surface area contributed by atoms with Gasteiger partial charge in [-0.25, -0.2) is 4.79 Å². The molecule has 4 rings (SSSR count). The van der Waals surface area contributed by atoms with Crippen molar-refractivity contribution < 1.29 is 19.1 Å². The first-order chi connectivity index (χ1) is 12.7. The molecule has 3 fully saturated rings. The highest BCUT2D eigenvalue weighted by atomic mass is 35.5. The molecular formula is C20H27ClN2O4. The lowest BCUT2D eigenvalue weighted by molar-refractivity contribution is 0.0600. The van der Waals surface area contributed by atoms with Gasteiger partial charge in [-0.05, 0) is 49.3 Å². The quantitative estimate of drug-likeness (QED) is 0.777. The minimum absolute atomic E-state index is 0. The molecule has 1 N–H and O–H groups in total. The number of hydrogen-bond donors (Lipinski definition) is 1. The summed E-state index contributed by atoms with van der Waals surface area (Å²) in [6.07, 6.45) is 4.66. The molecule has 6 nitrogen and oxygen atoms in total. The lowest BCUT2D eigenvalue weighted by atomic mass is 9.86. The number of carbonyl (C=O) groups excluding carboxylic acids is 2. The van der Waals surface area contributed by atoms with Gasteiger partial charge in [-0.2, -0.15) is 0 Å². The first-order valence-corrected chi connectivity index (χ1v) is 9.53. The summed E-state index contributed by atoms with van der Waals surface area (Å²) in [6, 6.07) is 5.32. The van der Waals surface area contributed by atoms with Crippen molar-refractivity contribution in [1.29, 1.82) is 0 Å². The number of carbonyl (C=O) groups is 2. The number of amides is 1. The second-order valence-electron chi connectivity index (χ2n) is 7.62. The molecule has 7 heteroatoms. The van der Waals surface area contributed by atoms with Crippen molar-refractivity contribution in [3.8, 4) is 5.75 Å². The van der Waals surface area contributed by atoms with Crippen LogP contribution < -0.4 is 10.1 Å². The van der Waals surface area contributed by atoms with Gasteiger partial charge in [0.05, 0.1) is 19.3 Å². The van der Waals surface area contributed by atoms with Crippen LogP contribution in [0.1, 0.15) is 46.4 Å². The number of ether oxygens (including phenoxy) is 2. The van der Waals surface area contributed by atoms with Gasteiger partial charge in [0.15, 0.2) is 0 Å². The van der Waals surface area contributed by atoms with Crippen molar-refractivity contribution in [2.24, 2.45) is 11.8 Å². The van der Waals surface area contributed by atoms with E-state index >= 15 is 0 Å². The Morgan fingerprint density at radius 2 is 1.93 bits per heavy atom. The van der Waals surface area contributed by atoms with Gasteiger partial charge in [-0.15, -0.1) is 12.4 Å². The summed E-state index contributed by atoms with van der Waals surface area (Å²) >= 11 is 0. The van der Waals surface area contributed by atoms with Crippen molar-refractivity contribution in [3.05, 3.63) is 29.3 Å². The molecular weight excluding hydrogens is 368 g/mol. The zero-order valence-corrected chi connectivity index (χ0v) is 16.4. The SMILES string of the molecule is COC(=O)c1cc(OCC2CCC2)cc(C(=O)N2CC[C@H]3CNC[C@H]32)c1.Cl. The van der Waals surface area contributed by atoms with Gasteiger partial charge in [0.1, 0.15) is 5.75 Å². The third kappa shape index (κ3) is 4.06. The summed E-state index contributed by atoms with van der Waals surface area (Å²) < 4.78 is 10.7. The second-order valence-corrected chi connectivity index (χ2v) is 7.62. The monoisotopic (exact) mass is 394 g/mol. The van der Waals surface area contributed by atoms with Gasteiger partial charge in [0, 0.05) is 31.2 Å². The van der Waals surface area contributed by atoms with Crippen molar-refractivity contribution in [2.45, 2.75) is 31.7 Å². The van der Waals surface area contributed by atoms with Crippen LogP contribution in [0.4, 0.5) is 0 Å². The largest absolute Gasteiger partial charge is 0.493 e. The molecule has 2 aliphatic heterocycles. The molecule has 0 bridgehead atoms. The molecule has 148 valence electrons. The van der Waals surface area contributed by atoms with Crippen LogP contribution in [0.2, 0.25) is 0 Å². The molecule has 1 aromatic carbocycles. The molecule has 1 aliphatic carbocycles. The van der Waals surface area contributed by atoms with Crippen molar-refractivity contribution in [3.63, 3.8) is 0 Å². The number of esters is 1. The smallest absolute Gasteiger partial charge is 0.338 e. The standard InChI is InChI=1S/C20H26N2O4.ClH/c1-25-20(24)16-7-15(8-17(9-16)26-12-13-3-2-4-13)19(23)22-6-5-14-10-21-11-18(14)22;/h7-9,13-14,18,21H,2-6,10-12H2,1H3;1H/t14-,18+;/m0./s1. The average Bonchev–Trinajstić information content (AvgIpc) is 3.22. The Balaban J connectivity index is 0.00000210. The predicted octanol–water partition coefficient (Wildman–Crippen LogP) is 2.51. The fraction of sp³-hybridized carbons (Fsp3) is 0.600. The summed E-state index contributed by atoms with van der Waals surface area (Å²) in [4.78, 5) is 27.1. The van der Waals surface area contributed by atoms with E-state index in [1.165, 1.54) is 26.4 Å². The highest BCUT2D eigenvalue weighted by molar-refractivity contribution is 5.99. The average molecular weight is 395 g/mol. The zero-order valence-electron chi connectivity index (χ0n) is 15.6. The van der Waals surface area contributed by atoms with E-state index in [1.54, 1.807) is 18.2 Å². The van der Waals surface area contributed by atoms with Gasteiger partial charge in [-0.3, -0.25) is 4.79 Å². The number of benzene rings is 1. The van der Waals surface area contributed by atoms with E-state index in [0.29, 0.717) is 35.3 Å². The fourth-order valence-electron chi connectivity index (χ4n) is 4.18. The Labute approximate surface area is 166 Å². The Hall–Kier alpha value is -1.79. The first kappa shape index (κ1) is 20.0. The van der Waals surface area contributed by atoms with E-state index in [1.807, 2.05) is 4.90 Å². The van der Waals surface area contributed by atoms with Crippen LogP contribution in [-0.2, 0) is 4.74 Å². The molecule has 1 amide bonds. The van der Waals surface area contributed by atoms with Gasteiger partial charge < -0.3 is 19.7 Å². The first-order valence-electron chi connectivity index (χ1n) is 9.53. The van der Waals surface area contributed by atoms with E-state index in [4.69, 9.17) is 9.47 Å². The maximum Gasteiger partial charge on any atom is 0.338 e. The van der Waals surface area contributed by atoms with E-state index in [2.05, 4.69) is 5.32 Å². The highest BCUT2D eigenvalue weighted by Gasteiger charge is 2.40. The summed E-state index contributed by atoms with van der Waals surface area (Å²) in [5.41, 5.74) is 0.867. The number of hydrogen-bond acceptors (Lipinski definition) is 5. The van der Waals surface area contributed by atoms with E-state index in [-0.39, 0.29) is 24.4 Å². The van der Waals surface area contributed by atoms with Gasteiger partial charge in [-0.1, -0.05) is 6.42 Å². The molecule has 27 heavy (non-hydrogen) atoms. The van der Waals surface area contributed by atoms with Crippen LogP contribution >= 0.6 is 12.4 Å². The number of nitrogens with one attached hydrogen (secondary N) is 1. The van der Waals surface area contributed by atoms with Gasteiger partial charge in [0.25, 0.3) is 5.91 Å². The molecule has 0 unspecified atom stereocenters. The van der Waals surface area contributed by atoms with Crippen LogP contribution in [0.3, 0.4) is 0 Å². The molecule has 1 aromatic rings. The summed E-state index contributed by atoms with van der Waals surface area (Å²) in [5.74, 6) is 1.22. The number of methoxy groups -OCH3 is 1. The van der Waals surface area contributed by atoms with Gasteiger partial charge >= 0.3 is 5.97 Å². The van der Waals surface area contributed by atoms with Crippen LogP contribution in [0.25, 0.3) is 0 Å². The summed E-state index contributed by atoms with van der Waals surface area (Å²) in [5, 5.41) is 3.36. The fourth-order valence-corrected chi connectivity index (χ4v) is 4.18. The number of halogens is 1. The Morgan fingerprint density at radius 1 is 1.15 bits per heavy atom. The van der Waals surface area contributed by atoms with Crippen LogP contribution in [0.5, 0.6) is 5.75 Å². The normalized spacial score (nSPS) is 24.0.